The van der Waals surface area contributed by atoms with Crippen LogP contribution in [-0.4, -0.2) is 71.2 Å². The van der Waals surface area contributed by atoms with Crippen LogP contribution in [0, 0.1) is 17.2 Å². The van der Waals surface area contributed by atoms with E-state index in [1.54, 1.807) is 0 Å². The standard InChI is InChI=1S/C28H35N5O2/c1-3-26(35)31-11-4-5-22(17-31)24-15-23(16-29)28(30-27(24)21-8-9-21)32-12-13-33(19(2)10-14-34)25(18-32)20-6-7-20/h3,5,15,20-21,25,34H,1-2,4,6-14,17-18H2. The zero-order valence-electron chi connectivity index (χ0n) is 20.5. The third-order valence-electron chi connectivity index (χ3n) is 7.79. The monoisotopic (exact) mass is 473 g/mol. The molecule has 1 unspecified atom stereocenters. The van der Waals surface area contributed by atoms with Crippen LogP contribution >= 0.6 is 0 Å². The normalized spacial score (nSPS) is 22.5. The van der Waals surface area contributed by atoms with Crippen molar-refractivity contribution in [3.8, 4) is 6.07 Å². The Labute approximate surface area is 208 Å². The first kappa shape index (κ1) is 23.6. The minimum Gasteiger partial charge on any atom is -0.396 e. The summed E-state index contributed by atoms with van der Waals surface area (Å²) in [5.74, 6) is 1.81. The molecule has 0 spiro atoms. The Kier molecular flexibility index (Phi) is 6.66. The quantitative estimate of drug-likeness (QED) is 0.583. The molecular formula is C28H35N5O2. The summed E-state index contributed by atoms with van der Waals surface area (Å²) < 4.78 is 0. The molecule has 2 aliphatic carbocycles. The molecule has 0 aromatic carbocycles. The first-order valence-electron chi connectivity index (χ1n) is 12.9. The number of aromatic nitrogens is 1. The lowest BCUT2D eigenvalue weighted by molar-refractivity contribution is -0.125. The van der Waals surface area contributed by atoms with Crippen molar-refractivity contribution >= 4 is 17.3 Å². The van der Waals surface area contributed by atoms with Gasteiger partial charge in [0.05, 0.1) is 11.3 Å². The van der Waals surface area contributed by atoms with Crippen molar-refractivity contribution in [3.05, 3.63) is 53.9 Å². The van der Waals surface area contributed by atoms with Crippen molar-refractivity contribution in [2.75, 3.05) is 44.2 Å². The fraction of sp³-hybridized carbons (Fsp3) is 0.536. The van der Waals surface area contributed by atoms with Gasteiger partial charge < -0.3 is 19.8 Å². The van der Waals surface area contributed by atoms with E-state index in [0.29, 0.717) is 43.0 Å². The van der Waals surface area contributed by atoms with Gasteiger partial charge in [0.15, 0.2) is 0 Å². The smallest absolute Gasteiger partial charge is 0.246 e. The number of aliphatic hydroxyl groups excluding tert-OH is 1. The van der Waals surface area contributed by atoms with E-state index in [1.165, 1.54) is 18.9 Å². The number of pyridine rings is 1. The molecule has 184 valence electrons. The molecule has 1 aromatic heterocycles. The average molecular weight is 474 g/mol. The van der Waals surface area contributed by atoms with Gasteiger partial charge >= 0.3 is 0 Å². The number of anilines is 1. The number of nitrogens with zero attached hydrogens (tertiary/aromatic N) is 5. The largest absolute Gasteiger partial charge is 0.396 e. The van der Waals surface area contributed by atoms with Gasteiger partial charge in [0.25, 0.3) is 0 Å². The van der Waals surface area contributed by atoms with Gasteiger partial charge in [-0.1, -0.05) is 19.2 Å². The summed E-state index contributed by atoms with van der Waals surface area (Å²) in [6.45, 7) is 11.6. The van der Waals surface area contributed by atoms with Crippen molar-refractivity contribution in [3.63, 3.8) is 0 Å². The van der Waals surface area contributed by atoms with Gasteiger partial charge in [0, 0.05) is 69.0 Å². The average Bonchev–Trinajstić information content (AvgIpc) is 3.80. The molecule has 5 rings (SSSR count). The summed E-state index contributed by atoms with van der Waals surface area (Å²) in [6, 6.07) is 4.79. The highest BCUT2D eigenvalue weighted by Crippen LogP contribution is 2.45. The third kappa shape index (κ3) is 4.85. The summed E-state index contributed by atoms with van der Waals surface area (Å²) >= 11 is 0. The number of hydrogen-bond acceptors (Lipinski definition) is 6. The number of hydrogen-bond donors (Lipinski definition) is 1. The SMILES string of the molecule is C=CC(=O)N1CCC=C(c2cc(C#N)c(N3CCN(C(=C)CCO)C(C4CC4)C3)nc2C2CC2)C1. The Morgan fingerprint density at radius 1 is 1.26 bits per heavy atom. The molecular weight excluding hydrogens is 438 g/mol. The van der Waals surface area contributed by atoms with Crippen LogP contribution in [0.1, 0.15) is 61.3 Å². The molecule has 1 atom stereocenters. The lowest BCUT2D eigenvalue weighted by atomic mass is 9.95. The topological polar surface area (TPSA) is 83.7 Å². The van der Waals surface area contributed by atoms with Crippen LogP contribution in [0.5, 0.6) is 0 Å². The molecule has 0 bridgehead atoms. The second-order valence-corrected chi connectivity index (χ2v) is 10.2. The van der Waals surface area contributed by atoms with Gasteiger partial charge in [-0.2, -0.15) is 5.26 Å². The predicted molar refractivity (Wildman–Crippen MR) is 137 cm³/mol. The van der Waals surface area contributed by atoms with E-state index in [1.807, 2.05) is 11.0 Å². The number of carbonyl (C=O) groups is 1. The first-order chi connectivity index (χ1) is 17.0. The Bertz CT molecular complexity index is 1100. The summed E-state index contributed by atoms with van der Waals surface area (Å²) in [5.41, 5.74) is 4.81. The van der Waals surface area contributed by atoms with Gasteiger partial charge in [-0.05, 0) is 55.7 Å². The summed E-state index contributed by atoms with van der Waals surface area (Å²) in [7, 11) is 0. The van der Waals surface area contributed by atoms with Crippen molar-refractivity contribution in [1.82, 2.24) is 14.8 Å². The van der Waals surface area contributed by atoms with E-state index in [2.05, 4.69) is 35.1 Å². The maximum Gasteiger partial charge on any atom is 0.246 e. The van der Waals surface area contributed by atoms with Gasteiger partial charge in [0.1, 0.15) is 11.9 Å². The second-order valence-electron chi connectivity index (χ2n) is 10.2. The zero-order valence-corrected chi connectivity index (χ0v) is 20.5. The van der Waals surface area contributed by atoms with Crippen LogP contribution in [0.4, 0.5) is 5.82 Å². The summed E-state index contributed by atoms with van der Waals surface area (Å²) in [4.78, 5) is 23.9. The predicted octanol–water partition coefficient (Wildman–Crippen LogP) is 3.43. The Balaban J connectivity index is 1.45. The van der Waals surface area contributed by atoms with Crippen LogP contribution in [0.15, 0.2) is 37.1 Å². The second kappa shape index (κ2) is 9.87. The molecule has 35 heavy (non-hydrogen) atoms. The van der Waals surface area contributed by atoms with Crippen LogP contribution in [0.25, 0.3) is 5.57 Å². The molecule has 7 nitrogen and oxygen atoms in total. The van der Waals surface area contributed by atoms with E-state index in [-0.39, 0.29) is 12.5 Å². The number of piperazine rings is 1. The molecule has 7 heteroatoms. The molecule has 3 fully saturated rings. The first-order valence-corrected chi connectivity index (χ1v) is 12.9. The molecule has 1 N–H and O–H groups in total. The van der Waals surface area contributed by atoms with Crippen molar-refractivity contribution < 1.29 is 9.90 Å². The van der Waals surface area contributed by atoms with E-state index in [0.717, 1.165) is 67.2 Å². The van der Waals surface area contributed by atoms with E-state index >= 15 is 0 Å². The highest BCUT2D eigenvalue weighted by molar-refractivity contribution is 5.89. The van der Waals surface area contributed by atoms with Gasteiger partial charge in [-0.25, -0.2) is 4.98 Å². The highest BCUT2D eigenvalue weighted by atomic mass is 16.3. The fourth-order valence-corrected chi connectivity index (χ4v) is 5.57. The van der Waals surface area contributed by atoms with Crippen molar-refractivity contribution in [2.45, 2.75) is 50.5 Å². The number of rotatable bonds is 8. The van der Waals surface area contributed by atoms with E-state index in [9.17, 15) is 15.2 Å². The number of carbonyl (C=O) groups excluding carboxylic acids is 1. The molecule has 2 saturated carbocycles. The van der Waals surface area contributed by atoms with Crippen LogP contribution in [0.2, 0.25) is 0 Å². The van der Waals surface area contributed by atoms with Crippen LogP contribution in [-0.2, 0) is 4.79 Å². The van der Waals surface area contributed by atoms with E-state index in [4.69, 9.17) is 4.98 Å². The third-order valence-corrected chi connectivity index (χ3v) is 7.79. The molecule has 1 aromatic rings. The zero-order chi connectivity index (χ0) is 24.5. The van der Waals surface area contributed by atoms with Crippen molar-refractivity contribution in [2.24, 2.45) is 5.92 Å². The maximum atomic E-state index is 12.2. The van der Waals surface area contributed by atoms with Crippen molar-refractivity contribution in [1.29, 1.82) is 5.26 Å². The lowest BCUT2D eigenvalue weighted by Crippen LogP contribution is -2.54. The minimum absolute atomic E-state index is 0.0552. The summed E-state index contributed by atoms with van der Waals surface area (Å²) in [5, 5.41) is 19.5. The number of aliphatic hydroxyl groups is 1. The number of nitriles is 1. The van der Waals surface area contributed by atoms with Crippen LogP contribution < -0.4 is 4.90 Å². The van der Waals surface area contributed by atoms with Crippen LogP contribution in [0.3, 0.4) is 0 Å². The maximum absolute atomic E-state index is 12.2. The highest BCUT2D eigenvalue weighted by Gasteiger charge is 2.40. The summed E-state index contributed by atoms with van der Waals surface area (Å²) in [6.07, 6.45) is 9.65. The molecule has 2 aliphatic heterocycles. The molecule has 3 heterocycles. The fourth-order valence-electron chi connectivity index (χ4n) is 5.57. The molecule has 0 radical (unpaired) electrons. The van der Waals surface area contributed by atoms with E-state index < -0.39 is 0 Å². The Hall–Kier alpha value is -3.11. The Morgan fingerprint density at radius 3 is 2.71 bits per heavy atom. The molecule has 1 saturated heterocycles. The Morgan fingerprint density at radius 2 is 2.06 bits per heavy atom. The lowest BCUT2D eigenvalue weighted by Gasteiger charge is -2.44. The minimum atomic E-state index is -0.0552. The molecule has 1 amide bonds. The number of amides is 1. The van der Waals surface area contributed by atoms with Gasteiger partial charge in [-0.15, -0.1) is 0 Å². The molecule has 4 aliphatic rings. The van der Waals surface area contributed by atoms with Gasteiger partial charge in [0.2, 0.25) is 5.91 Å². The van der Waals surface area contributed by atoms with Gasteiger partial charge in [-0.3, -0.25) is 4.79 Å².